The second kappa shape index (κ2) is 6.07. The summed E-state index contributed by atoms with van der Waals surface area (Å²) in [5.41, 5.74) is 0.788. The van der Waals surface area contributed by atoms with Crippen molar-refractivity contribution in [3.63, 3.8) is 0 Å². The first-order valence-corrected chi connectivity index (χ1v) is 6.39. The average Bonchev–Trinajstić information content (AvgIpc) is 2.46. The third kappa shape index (κ3) is 2.76. The van der Waals surface area contributed by atoms with E-state index in [0.29, 0.717) is 5.75 Å². The minimum Gasteiger partial charge on any atom is -0.497 e. The van der Waals surface area contributed by atoms with E-state index >= 15 is 0 Å². The largest absolute Gasteiger partial charge is 0.497 e. The van der Waals surface area contributed by atoms with Gasteiger partial charge in [-0.05, 0) is 37.6 Å². The fraction of sp³-hybridized carbons (Fsp3) is 0.571. The van der Waals surface area contributed by atoms with Crippen molar-refractivity contribution in [2.24, 2.45) is 0 Å². The predicted molar refractivity (Wildman–Crippen MR) is 70.1 cm³/mol. The Balaban J connectivity index is 2.23. The van der Waals surface area contributed by atoms with Crippen molar-refractivity contribution in [2.45, 2.75) is 31.4 Å². The maximum absolute atomic E-state index is 10.5. The van der Waals surface area contributed by atoms with Crippen LogP contribution >= 0.6 is 0 Å². The maximum Gasteiger partial charge on any atom is 0.124 e. The van der Waals surface area contributed by atoms with E-state index in [1.807, 2.05) is 18.2 Å². The van der Waals surface area contributed by atoms with Crippen LogP contribution in [0.25, 0.3) is 0 Å². The molecular formula is C14H21NO3. The Bertz CT molecular complexity index is 389. The van der Waals surface area contributed by atoms with Gasteiger partial charge in [-0.25, -0.2) is 0 Å². The zero-order chi connectivity index (χ0) is 13.0. The summed E-state index contributed by atoms with van der Waals surface area (Å²) in [4.78, 5) is 0. The quantitative estimate of drug-likeness (QED) is 0.858. The molecule has 1 aliphatic heterocycles. The van der Waals surface area contributed by atoms with Crippen LogP contribution in [0.4, 0.5) is 0 Å². The third-order valence-corrected chi connectivity index (χ3v) is 3.49. The minimum absolute atomic E-state index is 0.0970. The number of piperidine rings is 1. The highest BCUT2D eigenvalue weighted by atomic mass is 16.5. The van der Waals surface area contributed by atoms with E-state index in [1.54, 1.807) is 14.2 Å². The maximum atomic E-state index is 10.5. The van der Waals surface area contributed by atoms with E-state index in [2.05, 4.69) is 5.32 Å². The molecule has 0 bridgehead atoms. The first-order chi connectivity index (χ1) is 8.76. The molecule has 4 nitrogen and oxygen atoms in total. The molecule has 0 unspecified atom stereocenters. The van der Waals surface area contributed by atoms with Crippen molar-refractivity contribution in [1.29, 1.82) is 0 Å². The predicted octanol–water partition coefficient (Wildman–Crippen LogP) is 1.88. The zero-order valence-electron chi connectivity index (χ0n) is 11.0. The molecule has 1 aromatic carbocycles. The van der Waals surface area contributed by atoms with Gasteiger partial charge in [0.25, 0.3) is 0 Å². The lowest BCUT2D eigenvalue weighted by Crippen LogP contribution is -2.38. The molecule has 18 heavy (non-hydrogen) atoms. The lowest BCUT2D eigenvalue weighted by atomic mass is 9.94. The lowest BCUT2D eigenvalue weighted by Gasteiger charge is -2.29. The van der Waals surface area contributed by atoms with Crippen LogP contribution in [0.1, 0.15) is 30.9 Å². The Morgan fingerprint density at radius 2 is 2.11 bits per heavy atom. The first-order valence-electron chi connectivity index (χ1n) is 6.39. The number of ether oxygens (including phenoxy) is 2. The summed E-state index contributed by atoms with van der Waals surface area (Å²) in [7, 11) is 3.24. The van der Waals surface area contributed by atoms with E-state index in [-0.39, 0.29) is 6.04 Å². The summed E-state index contributed by atoms with van der Waals surface area (Å²) >= 11 is 0. The van der Waals surface area contributed by atoms with Crippen molar-refractivity contribution in [3.05, 3.63) is 23.8 Å². The summed E-state index contributed by atoms with van der Waals surface area (Å²) in [6, 6.07) is 5.61. The molecule has 4 heteroatoms. The van der Waals surface area contributed by atoms with Gasteiger partial charge in [0.15, 0.2) is 0 Å². The van der Waals surface area contributed by atoms with Crippen molar-refractivity contribution in [3.8, 4) is 11.5 Å². The minimum atomic E-state index is -0.560. The van der Waals surface area contributed by atoms with Crippen LogP contribution in [0.15, 0.2) is 18.2 Å². The van der Waals surface area contributed by atoms with Gasteiger partial charge in [0.1, 0.15) is 11.5 Å². The summed E-state index contributed by atoms with van der Waals surface area (Å²) in [5, 5.41) is 13.8. The van der Waals surface area contributed by atoms with Crippen molar-refractivity contribution >= 4 is 0 Å². The van der Waals surface area contributed by atoms with Gasteiger partial charge in [-0.15, -0.1) is 0 Å². The van der Waals surface area contributed by atoms with Gasteiger partial charge in [-0.3, -0.25) is 0 Å². The fourth-order valence-electron chi connectivity index (χ4n) is 2.44. The fourth-order valence-corrected chi connectivity index (χ4v) is 2.44. The second-order valence-electron chi connectivity index (χ2n) is 4.61. The molecule has 1 aliphatic rings. The van der Waals surface area contributed by atoms with Gasteiger partial charge >= 0.3 is 0 Å². The van der Waals surface area contributed by atoms with Crippen LogP contribution < -0.4 is 14.8 Å². The van der Waals surface area contributed by atoms with Crippen LogP contribution in [0.5, 0.6) is 11.5 Å². The van der Waals surface area contributed by atoms with Crippen LogP contribution in [0.3, 0.4) is 0 Å². The Labute approximate surface area is 108 Å². The number of rotatable bonds is 4. The average molecular weight is 251 g/mol. The lowest BCUT2D eigenvalue weighted by molar-refractivity contribution is 0.111. The Morgan fingerprint density at radius 1 is 1.28 bits per heavy atom. The molecule has 0 spiro atoms. The molecule has 0 saturated carbocycles. The van der Waals surface area contributed by atoms with Crippen molar-refractivity contribution in [2.75, 3.05) is 20.8 Å². The number of hydrogen-bond acceptors (Lipinski definition) is 4. The standard InChI is InChI=1S/C14H21NO3/c1-17-10-6-7-13(18-2)11(9-10)14(16)12-5-3-4-8-15-12/h6-7,9,12,14-16H,3-5,8H2,1-2H3/t12-,14-/m1/s1. The van der Waals surface area contributed by atoms with Crippen molar-refractivity contribution < 1.29 is 14.6 Å². The Hall–Kier alpha value is -1.26. The summed E-state index contributed by atoms with van der Waals surface area (Å²) < 4.78 is 10.5. The van der Waals surface area contributed by atoms with E-state index in [4.69, 9.17) is 9.47 Å². The number of benzene rings is 1. The number of nitrogens with one attached hydrogen (secondary N) is 1. The van der Waals surface area contributed by atoms with Gasteiger partial charge in [0, 0.05) is 11.6 Å². The van der Waals surface area contributed by atoms with Crippen LogP contribution in [0, 0.1) is 0 Å². The molecule has 0 amide bonds. The first kappa shape index (κ1) is 13.2. The van der Waals surface area contributed by atoms with Crippen LogP contribution in [0.2, 0.25) is 0 Å². The van der Waals surface area contributed by atoms with Gasteiger partial charge in [-0.2, -0.15) is 0 Å². The summed E-state index contributed by atoms with van der Waals surface area (Å²) in [5.74, 6) is 1.44. The molecule has 1 heterocycles. The third-order valence-electron chi connectivity index (χ3n) is 3.49. The van der Waals surface area contributed by atoms with Crippen LogP contribution in [-0.2, 0) is 0 Å². The van der Waals surface area contributed by atoms with E-state index < -0.39 is 6.10 Å². The van der Waals surface area contributed by atoms with E-state index in [1.165, 1.54) is 6.42 Å². The molecule has 100 valence electrons. The van der Waals surface area contributed by atoms with Gasteiger partial charge in [-0.1, -0.05) is 6.42 Å². The molecular weight excluding hydrogens is 230 g/mol. The normalized spacial score (nSPS) is 21.4. The number of aliphatic hydroxyl groups excluding tert-OH is 1. The van der Waals surface area contributed by atoms with Gasteiger partial charge < -0.3 is 19.9 Å². The summed E-state index contributed by atoms with van der Waals surface area (Å²) in [6.07, 6.45) is 2.76. The molecule has 0 radical (unpaired) electrons. The zero-order valence-corrected chi connectivity index (χ0v) is 11.0. The van der Waals surface area contributed by atoms with E-state index in [0.717, 1.165) is 30.7 Å². The molecule has 0 aromatic heterocycles. The number of hydrogen-bond donors (Lipinski definition) is 2. The second-order valence-corrected chi connectivity index (χ2v) is 4.61. The molecule has 1 aromatic rings. The number of methoxy groups -OCH3 is 2. The topological polar surface area (TPSA) is 50.7 Å². The molecule has 1 saturated heterocycles. The van der Waals surface area contributed by atoms with Gasteiger partial charge in [0.05, 0.1) is 20.3 Å². The Kier molecular flexibility index (Phi) is 4.44. The molecule has 2 rings (SSSR count). The molecule has 0 aliphatic carbocycles. The highest BCUT2D eigenvalue weighted by molar-refractivity contribution is 5.42. The summed E-state index contributed by atoms with van der Waals surface area (Å²) in [6.45, 7) is 0.966. The van der Waals surface area contributed by atoms with E-state index in [9.17, 15) is 5.11 Å². The smallest absolute Gasteiger partial charge is 0.124 e. The molecule has 2 atom stereocenters. The SMILES string of the molecule is COc1ccc(OC)c([C@@H](O)[C@H]2CCCCN2)c1. The van der Waals surface area contributed by atoms with Crippen LogP contribution in [-0.4, -0.2) is 31.9 Å². The highest BCUT2D eigenvalue weighted by Gasteiger charge is 2.25. The highest BCUT2D eigenvalue weighted by Crippen LogP contribution is 2.32. The van der Waals surface area contributed by atoms with Crippen molar-refractivity contribution in [1.82, 2.24) is 5.32 Å². The number of aliphatic hydroxyl groups is 1. The molecule has 1 fully saturated rings. The van der Waals surface area contributed by atoms with Gasteiger partial charge in [0.2, 0.25) is 0 Å². The monoisotopic (exact) mass is 251 g/mol. The molecule has 2 N–H and O–H groups in total. The Morgan fingerprint density at radius 3 is 2.72 bits per heavy atom.